The van der Waals surface area contributed by atoms with Crippen molar-refractivity contribution in [1.29, 1.82) is 0 Å². The van der Waals surface area contributed by atoms with Crippen LogP contribution in [0, 0.1) is 5.41 Å². The third-order valence-electron chi connectivity index (χ3n) is 4.70. The minimum Gasteiger partial charge on any atom is -0.481 e. The minimum atomic E-state index is -1.04. The summed E-state index contributed by atoms with van der Waals surface area (Å²) < 4.78 is 11.4. The number of nitrogens with one attached hydrogen (secondary N) is 1. The molecule has 5 nitrogen and oxygen atoms in total. The zero-order valence-electron chi connectivity index (χ0n) is 14.3. The molecule has 0 radical (unpaired) electrons. The molecule has 0 aliphatic heterocycles. The normalized spacial score (nSPS) is 18.2. The highest BCUT2D eigenvalue weighted by molar-refractivity contribution is 7.83. The average Bonchev–Trinajstić information content (AvgIpc) is 2.76. The summed E-state index contributed by atoms with van der Waals surface area (Å²) in [6.45, 7) is 0. The Morgan fingerprint density at radius 1 is 1.24 bits per heavy atom. The molecule has 0 aromatic heterocycles. The molecule has 0 heterocycles. The lowest BCUT2D eigenvalue weighted by Crippen LogP contribution is -2.35. The smallest absolute Gasteiger partial charge is 0.310 e. The number of carbonyl (C=O) groups is 2. The van der Waals surface area contributed by atoms with E-state index in [0.717, 1.165) is 25.7 Å². The second-order valence-electron chi connectivity index (χ2n) is 6.75. The Kier molecular flexibility index (Phi) is 7.02. The fourth-order valence-corrected chi connectivity index (χ4v) is 4.31. The number of hydrogen-bond acceptors (Lipinski definition) is 3. The van der Waals surface area contributed by atoms with Gasteiger partial charge in [0.1, 0.15) is 0 Å². The Morgan fingerprint density at radius 3 is 2.44 bits per heavy atom. The molecule has 138 valence electrons. The number of hydrogen-bond donors (Lipinski definition) is 2. The number of benzene rings is 1. The van der Waals surface area contributed by atoms with Gasteiger partial charge in [0, 0.05) is 39.9 Å². The summed E-state index contributed by atoms with van der Waals surface area (Å²) in [5, 5.41) is 12.9. The molecular formula is C18H24ClNO4S. The number of anilines is 1. The van der Waals surface area contributed by atoms with Gasteiger partial charge in [0.25, 0.3) is 0 Å². The molecule has 0 saturated heterocycles. The molecule has 2 rings (SSSR count). The zero-order valence-corrected chi connectivity index (χ0v) is 15.9. The summed E-state index contributed by atoms with van der Waals surface area (Å²) in [6.07, 6.45) is 6.35. The van der Waals surface area contributed by atoms with Gasteiger partial charge in [-0.25, -0.2) is 0 Å². The van der Waals surface area contributed by atoms with Gasteiger partial charge in [0.2, 0.25) is 5.91 Å². The third kappa shape index (κ3) is 5.54. The van der Waals surface area contributed by atoms with Crippen LogP contribution in [0.5, 0.6) is 0 Å². The first-order valence-electron chi connectivity index (χ1n) is 8.44. The fourth-order valence-electron chi connectivity index (χ4n) is 3.37. The van der Waals surface area contributed by atoms with Gasteiger partial charge in [-0.05, 0) is 36.6 Å². The van der Waals surface area contributed by atoms with Crippen LogP contribution in [-0.2, 0) is 26.1 Å². The van der Waals surface area contributed by atoms with Gasteiger partial charge < -0.3 is 10.4 Å². The minimum absolute atomic E-state index is 0.0278. The van der Waals surface area contributed by atoms with E-state index in [1.165, 1.54) is 0 Å². The second kappa shape index (κ2) is 8.81. The molecule has 1 aromatic carbocycles. The Hall–Kier alpha value is -1.40. The largest absolute Gasteiger partial charge is 0.481 e. The maximum atomic E-state index is 12.5. The van der Waals surface area contributed by atoms with Crippen molar-refractivity contribution in [3.63, 3.8) is 0 Å². The van der Waals surface area contributed by atoms with Crippen molar-refractivity contribution >= 4 is 40.0 Å². The summed E-state index contributed by atoms with van der Waals surface area (Å²) in [4.78, 5) is 24.3. The molecule has 0 bridgehead atoms. The molecule has 1 unspecified atom stereocenters. The highest BCUT2D eigenvalue weighted by Crippen LogP contribution is 2.38. The zero-order chi connectivity index (χ0) is 18.4. The molecule has 1 saturated carbocycles. The summed E-state index contributed by atoms with van der Waals surface area (Å²) in [5.74, 6) is -0.889. The van der Waals surface area contributed by atoms with Gasteiger partial charge in [0.15, 0.2) is 0 Å². The van der Waals surface area contributed by atoms with Crippen LogP contribution in [0.15, 0.2) is 18.2 Å². The highest BCUT2D eigenvalue weighted by atomic mass is 35.5. The van der Waals surface area contributed by atoms with Crippen molar-refractivity contribution in [2.75, 3.05) is 11.6 Å². The predicted molar refractivity (Wildman–Crippen MR) is 100 cm³/mol. The standard InChI is InChI=1S/C18H24ClNO4S/c1-25(24)12-13-10-14(6-7-15(13)19)20-16(21)11-18(17(22)23)8-4-2-3-5-9-18/h6-7,10H,2-5,8-9,11-12H2,1H3,(H,20,21)(H,22,23). The lowest BCUT2D eigenvalue weighted by molar-refractivity contribution is -0.152. The van der Waals surface area contributed by atoms with Crippen LogP contribution in [0.2, 0.25) is 5.02 Å². The Morgan fingerprint density at radius 2 is 1.88 bits per heavy atom. The van der Waals surface area contributed by atoms with Crippen molar-refractivity contribution in [1.82, 2.24) is 0 Å². The molecule has 1 amide bonds. The molecule has 1 aliphatic carbocycles. The Bertz CT molecular complexity index is 669. The highest BCUT2D eigenvalue weighted by Gasteiger charge is 2.40. The average molecular weight is 386 g/mol. The van der Waals surface area contributed by atoms with E-state index in [1.54, 1.807) is 24.5 Å². The van der Waals surface area contributed by atoms with Gasteiger partial charge >= 0.3 is 5.97 Å². The van der Waals surface area contributed by atoms with Crippen molar-refractivity contribution in [3.05, 3.63) is 28.8 Å². The number of carbonyl (C=O) groups excluding carboxylic acids is 1. The van der Waals surface area contributed by atoms with Crippen molar-refractivity contribution in [2.24, 2.45) is 5.41 Å². The van der Waals surface area contributed by atoms with Crippen LogP contribution in [0.1, 0.15) is 50.5 Å². The first-order chi connectivity index (χ1) is 11.8. The number of halogens is 1. The molecule has 1 aromatic rings. The van der Waals surface area contributed by atoms with E-state index >= 15 is 0 Å². The van der Waals surface area contributed by atoms with E-state index in [-0.39, 0.29) is 12.3 Å². The van der Waals surface area contributed by atoms with Crippen molar-refractivity contribution in [2.45, 2.75) is 50.7 Å². The number of amides is 1. The molecule has 2 N–H and O–H groups in total. The monoisotopic (exact) mass is 385 g/mol. The molecule has 1 aliphatic rings. The van der Waals surface area contributed by atoms with Crippen LogP contribution in [-0.4, -0.2) is 27.4 Å². The first kappa shape index (κ1) is 19.9. The van der Waals surface area contributed by atoms with Crippen LogP contribution in [0.25, 0.3) is 0 Å². The topological polar surface area (TPSA) is 83.5 Å². The summed E-state index contributed by atoms with van der Waals surface area (Å²) in [5.41, 5.74) is 0.271. The number of aliphatic carboxylic acids is 1. The van der Waals surface area contributed by atoms with Gasteiger partial charge in [-0.15, -0.1) is 0 Å². The SMILES string of the molecule is CS(=O)Cc1cc(NC(=O)CC2(C(=O)O)CCCCCC2)ccc1Cl. The Balaban J connectivity index is 2.10. The van der Waals surface area contributed by atoms with E-state index in [4.69, 9.17) is 11.6 Å². The fraction of sp³-hybridized carbons (Fsp3) is 0.556. The van der Waals surface area contributed by atoms with Crippen molar-refractivity contribution < 1.29 is 18.9 Å². The van der Waals surface area contributed by atoms with Crippen molar-refractivity contribution in [3.8, 4) is 0 Å². The summed E-state index contributed by atoms with van der Waals surface area (Å²) in [6, 6.07) is 5.02. The number of carboxylic acid groups (broad SMARTS) is 1. The Labute approximate surface area is 155 Å². The maximum Gasteiger partial charge on any atom is 0.310 e. The summed E-state index contributed by atoms with van der Waals surface area (Å²) in [7, 11) is -1.04. The van der Waals surface area contributed by atoms with E-state index < -0.39 is 22.2 Å². The molecule has 1 fully saturated rings. The molecule has 1 atom stereocenters. The molecule has 25 heavy (non-hydrogen) atoms. The van der Waals surface area contributed by atoms with E-state index in [0.29, 0.717) is 34.9 Å². The number of carboxylic acids is 1. The van der Waals surface area contributed by atoms with E-state index in [1.807, 2.05) is 0 Å². The van der Waals surface area contributed by atoms with E-state index in [9.17, 15) is 18.9 Å². The van der Waals surface area contributed by atoms with Crippen LogP contribution in [0.3, 0.4) is 0 Å². The van der Waals surface area contributed by atoms with Crippen LogP contribution >= 0.6 is 11.6 Å². The van der Waals surface area contributed by atoms with Crippen LogP contribution < -0.4 is 5.32 Å². The first-order valence-corrected chi connectivity index (χ1v) is 10.5. The van der Waals surface area contributed by atoms with E-state index in [2.05, 4.69) is 5.32 Å². The van der Waals surface area contributed by atoms with Gasteiger partial charge in [-0.2, -0.15) is 0 Å². The maximum absolute atomic E-state index is 12.5. The lowest BCUT2D eigenvalue weighted by Gasteiger charge is -2.27. The second-order valence-corrected chi connectivity index (χ2v) is 8.59. The molecule has 0 spiro atoms. The van der Waals surface area contributed by atoms with Gasteiger partial charge in [0.05, 0.1) is 5.41 Å². The lowest BCUT2D eigenvalue weighted by atomic mass is 9.77. The van der Waals surface area contributed by atoms with Gasteiger partial charge in [-0.3, -0.25) is 13.8 Å². The quantitative estimate of drug-likeness (QED) is 0.725. The number of rotatable bonds is 6. The molecular weight excluding hydrogens is 362 g/mol. The summed E-state index contributed by atoms with van der Waals surface area (Å²) >= 11 is 6.09. The molecule has 7 heteroatoms. The third-order valence-corrected chi connectivity index (χ3v) is 5.79. The van der Waals surface area contributed by atoms with Gasteiger partial charge in [-0.1, -0.05) is 37.3 Å². The van der Waals surface area contributed by atoms with Crippen LogP contribution in [0.4, 0.5) is 5.69 Å². The predicted octanol–water partition coefficient (Wildman–Crippen LogP) is 3.97.